The molecule has 0 aliphatic heterocycles. The average Bonchev–Trinajstić information content (AvgIpc) is 2.50. The number of hydrogen-bond acceptors (Lipinski definition) is 1. The first-order valence-electron chi connectivity index (χ1n) is 9.72. The van der Waals surface area contributed by atoms with E-state index in [0.29, 0.717) is 0 Å². The van der Waals surface area contributed by atoms with Gasteiger partial charge in [0.1, 0.15) is 0 Å². The second-order valence-corrected chi connectivity index (χ2v) is 8.33. The third-order valence-electron chi connectivity index (χ3n) is 6.33. The van der Waals surface area contributed by atoms with Crippen LogP contribution in [0.4, 0.5) is 5.69 Å². The molecule has 25 heavy (non-hydrogen) atoms. The van der Waals surface area contributed by atoms with Crippen molar-refractivity contribution in [1.29, 1.82) is 0 Å². The van der Waals surface area contributed by atoms with Crippen molar-refractivity contribution in [3.63, 3.8) is 0 Å². The van der Waals surface area contributed by atoms with Crippen molar-refractivity contribution < 1.29 is 9.28 Å². The van der Waals surface area contributed by atoms with Gasteiger partial charge in [-0.3, -0.25) is 4.79 Å². The second-order valence-electron chi connectivity index (χ2n) is 7.90. The van der Waals surface area contributed by atoms with Gasteiger partial charge in [0.2, 0.25) is 0 Å². The van der Waals surface area contributed by atoms with E-state index in [1.165, 1.54) is 19.3 Å². The fourth-order valence-electron chi connectivity index (χ4n) is 4.25. The zero-order valence-electron chi connectivity index (χ0n) is 16.5. The van der Waals surface area contributed by atoms with Gasteiger partial charge < -0.3 is 9.80 Å². The molecule has 0 spiro atoms. The zero-order chi connectivity index (χ0) is 18.7. The van der Waals surface area contributed by atoms with Gasteiger partial charge >= 0.3 is 0 Å². The number of unbranched alkanes of at least 4 members (excludes halogenated alkanes) is 2. The topological polar surface area (TPSA) is 29.1 Å². The summed E-state index contributed by atoms with van der Waals surface area (Å²) in [4.78, 5) is 13.4. The van der Waals surface area contributed by atoms with Gasteiger partial charge in [-0.2, -0.15) is 0 Å². The highest BCUT2D eigenvalue weighted by Gasteiger charge is 2.57. The van der Waals surface area contributed by atoms with Crippen molar-refractivity contribution >= 4 is 23.2 Å². The number of amides is 1. The van der Waals surface area contributed by atoms with Gasteiger partial charge in [-0.15, -0.1) is 0 Å². The molecule has 0 aromatic heterocycles. The molecule has 0 radical (unpaired) electrons. The van der Waals surface area contributed by atoms with Crippen molar-refractivity contribution in [2.24, 2.45) is 0 Å². The molecule has 1 saturated carbocycles. The van der Waals surface area contributed by atoms with Gasteiger partial charge in [-0.25, -0.2) is 0 Å². The van der Waals surface area contributed by atoms with Gasteiger partial charge in [-0.05, 0) is 63.3 Å². The SMILES string of the molecule is CCCCC[N+](C)(CC)C1(C(=O)Nc2c(C)cc(Cl)cc2C)CCC1. The fraction of sp³-hybridized carbons (Fsp3) is 0.667. The van der Waals surface area contributed by atoms with E-state index in [1.54, 1.807) is 0 Å². The van der Waals surface area contributed by atoms with E-state index in [0.717, 1.165) is 58.7 Å². The first kappa shape index (κ1) is 20.3. The first-order valence-corrected chi connectivity index (χ1v) is 10.1. The smallest absolute Gasteiger partial charge is 0.285 e. The number of carbonyl (C=O) groups excluding carboxylic acids is 1. The lowest BCUT2D eigenvalue weighted by Crippen LogP contribution is -2.71. The van der Waals surface area contributed by atoms with Crippen molar-refractivity contribution in [2.45, 2.75) is 71.8 Å². The minimum Gasteiger partial charge on any atom is -0.320 e. The third kappa shape index (κ3) is 3.88. The molecule has 2 rings (SSSR count). The Labute approximate surface area is 158 Å². The van der Waals surface area contributed by atoms with Crippen LogP contribution in [0, 0.1) is 13.8 Å². The summed E-state index contributed by atoms with van der Waals surface area (Å²) in [6, 6.07) is 3.85. The summed E-state index contributed by atoms with van der Waals surface area (Å²) < 4.78 is 0.852. The van der Waals surface area contributed by atoms with E-state index >= 15 is 0 Å². The summed E-state index contributed by atoms with van der Waals surface area (Å²) >= 11 is 6.14. The lowest BCUT2D eigenvalue weighted by Gasteiger charge is -2.54. The predicted octanol–water partition coefficient (Wildman–Crippen LogP) is 5.47. The van der Waals surface area contributed by atoms with Crippen molar-refractivity contribution in [2.75, 3.05) is 25.5 Å². The van der Waals surface area contributed by atoms with E-state index < -0.39 is 0 Å². The van der Waals surface area contributed by atoms with Gasteiger partial charge in [0.05, 0.1) is 20.1 Å². The number of quaternary nitrogens is 1. The number of nitrogens with one attached hydrogen (secondary N) is 1. The Balaban J connectivity index is 2.25. The lowest BCUT2D eigenvalue weighted by atomic mass is 9.72. The van der Waals surface area contributed by atoms with Crippen molar-refractivity contribution in [1.82, 2.24) is 0 Å². The molecule has 1 aromatic rings. The van der Waals surface area contributed by atoms with Crippen LogP contribution in [-0.2, 0) is 4.79 Å². The van der Waals surface area contributed by atoms with Gasteiger partial charge in [0, 0.05) is 23.6 Å². The molecule has 1 aliphatic rings. The summed E-state index contributed by atoms with van der Waals surface area (Å²) in [5.74, 6) is 0.188. The summed E-state index contributed by atoms with van der Waals surface area (Å²) in [6.07, 6.45) is 6.76. The Morgan fingerprint density at radius 2 is 1.80 bits per heavy atom. The number of anilines is 1. The number of likely N-dealkylation sites (N-methyl/N-ethyl adjacent to an activating group) is 1. The Morgan fingerprint density at radius 1 is 1.20 bits per heavy atom. The molecule has 1 aliphatic carbocycles. The quantitative estimate of drug-likeness (QED) is 0.480. The molecule has 1 aromatic carbocycles. The normalized spacial score (nSPS) is 18.3. The number of nitrogens with zero attached hydrogens (tertiary/aromatic N) is 1. The van der Waals surface area contributed by atoms with Crippen molar-refractivity contribution in [3.05, 3.63) is 28.3 Å². The van der Waals surface area contributed by atoms with Gasteiger partial charge in [-0.1, -0.05) is 24.9 Å². The molecule has 1 unspecified atom stereocenters. The van der Waals surface area contributed by atoms with Crippen LogP contribution in [0.25, 0.3) is 0 Å². The highest BCUT2D eigenvalue weighted by Crippen LogP contribution is 2.43. The van der Waals surface area contributed by atoms with Crippen molar-refractivity contribution in [3.8, 4) is 0 Å². The van der Waals surface area contributed by atoms with E-state index in [-0.39, 0.29) is 11.4 Å². The maximum absolute atomic E-state index is 13.4. The number of halogens is 1. The number of carbonyl (C=O) groups is 1. The van der Waals surface area contributed by atoms with Crippen LogP contribution < -0.4 is 5.32 Å². The fourth-order valence-corrected chi connectivity index (χ4v) is 4.57. The molecular weight excluding hydrogens is 332 g/mol. The molecule has 1 N–H and O–H groups in total. The van der Waals surface area contributed by atoms with Gasteiger partial charge in [0.15, 0.2) is 5.54 Å². The largest absolute Gasteiger partial charge is 0.320 e. The third-order valence-corrected chi connectivity index (χ3v) is 6.54. The molecule has 4 heteroatoms. The number of rotatable bonds is 8. The summed E-state index contributed by atoms with van der Waals surface area (Å²) in [6.45, 7) is 10.5. The van der Waals surface area contributed by atoms with E-state index in [2.05, 4.69) is 26.2 Å². The molecule has 0 heterocycles. The van der Waals surface area contributed by atoms with Crippen LogP contribution in [-0.4, -0.2) is 36.1 Å². The standard InChI is InChI=1S/C21H33ClN2O/c1-6-8-9-13-24(5,7-2)21(11-10-12-21)20(25)23-19-16(3)14-18(22)15-17(19)4/h14-15H,6-13H2,1-5H3/p+1. The minimum absolute atomic E-state index is 0.188. The van der Waals surface area contributed by atoms with Crippen LogP contribution in [0.3, 0.4) is 0 Å². The second kappa shape index (κ2) is 8.09. The summed E-state index contributed by atoms with van der Waals surface area (Å²) in [5.41, 5.74) is 2.71. The molecule has 1 atom stereocenters. The summed E-state index contributed by atoms with van der Waals surface area (Å²) in [7, 11) is 2.27. The number of aryl methyl sites for hydroxylation is 2. The monoisotopic (exact) mass is 365 g/mol. The number of hydrogen-bond donors (Lipinski definition) is 1. The Morgan fingerprint density at radius 3 is 2.24 bits per heavy atom. The predicted molar refractivity (Wildman–Crippen MR) is 107 cm³/mol. The van der Waals surface area contributed by atoms with Crippen LogP contribution in [0.15, 0.2) is 12.1 Å². The molecule has 1 amide bonds. The maximum Gasteiger partial charge on any atom is 0.285 e. The lowest BCUT2D eigenvalue weighted by molar-refractivity contribution is -0.953. The number of benzene rings is 1. The van der Waals surface area contributed by atoms with Crippen LogP contribution in [0.1, 0.15) is 63.5 Å². The van der Waals surface area contributed by atoms with Crippen LogP contribution in [0.2, 0.25) is 5.02 Å². The zero-order valence-corrected chi connectivity index (χ0v) is 17.3. The van der Waals surface area contributed by atoms with E-state index in [4.69, 9.17) is 11.6 Å². The Hall–Kier alpha value is -1.06. The Bertz CT molecular complexity index is 601. The maximum atomic E-state index is 13.4. The molecule has 0 bridgehead atoms. The van der Waals surface area contributed by atoms with Crippen LogP contribution in [0.5, 0.6) is 0 Å². The average molecular weight is 366 g/mol. The van der Waals surface area contributed by atoms with E-state index in [1.807, 2.05) is 26.0 Å². The first-order chi connectivity index (χ1) is 11.8. The van der Waals surface area contributed by atoms with Crippen LogP contribution >= 0.6 is 11.6 Å². The van der Waals surface area contributed by atoms with E-state index in [9.17, 15) is 4.79 Å². The highest BCUT2D eigenvalue weighted by atomic mass is 35.5. The molecule has 1 fully saturated rings. The molecular formula is C21H34ClN2O+. The molecule has 140 valence electrons. The Kier molecular flexibility index (Phi) is 6.56. The minimum atomic E-state index is -0.277. The molecule has 0 saturated heterocycles. The highest BCUT2D eigenvalue weighted by molar-refractivity contribution is 6.30. The van der Waals surface area contributed by atoms with Gasteiger partial charge in [0.25, 0.3) is 5.91 Å². The molecule has 3 nitrogen and oxygen atoms in total. The summed E-state index contributed by atoms with van der Waals surface area (Å²) in [5, 5.41) is 3.99.